The van der Waals surface area contributed by atoms with Gasteiger partial charge in [-0.15, -0.1) is 10.2 Å². The Balaban J connectivity index is 1.38. The first-order valence-corrected chi connectivity index (χ1v) is 19.6. The maximum absolute atomic E-state index is 14.3. The second-order valence-corrected chi connectivity index (χ2v) is 20.0. The maximum atomic E-state index is 14.3. The van der Waals surface area contributed by atoms with Gasteiger partial charge in [0.1, 0.15) is 30.2 Å². The van der Waals surface area contributed by atoms with Crippen LogP contribution < -0.4 is 5.56 Å². The molecule has 1 saturated carbocycles. The summed E-state index contributed by atoms with van der Waals surface area (Å²) >= 11 is 0. The van der Waals surface area contributed by atoms with Crippen molar-refractivity contribution in [3.8, 4) is 5.69 Å². The van der Waals surface area contributed by atoms with Gasteiger partial charge in [0.2, 0.25) is 0 Å². The molecule has 4 heterocycles. The smallest absolute Gasteiger partial charge is 0.281 e. The third kappa shape index (κ3) is 6.01. The van der Waals surface area contributed by atoms with Gasteiger partial charge in [0.05, 0.1) is 17.5 Å². The van der Waals surface area contributed by atoms with Gasteiger partial charge < -0.3 is 9.30 Å². The van der Waals surface area contributed by atoms with Crippen LogP contribution in [0, 0.1) is 11.8 Å². The second-order valence-electron chi connectivity index (χ2n) is 14.4. The Labute approximate surface area is 255 Å². The largest absolute Gasteiger partial charge is 0.361 e. The number of pyridine rings is 1. The molecule has 9 nitrogen and oxygen atoms in total. The van der Waals surface area contributed by atoms with Crippen molar-refractivity contribution < 1.29 is 4.74 Å². The summed E-state index contributed by atoms with van der Waals surface area (Å²) in [5.41, 5.74) is 3.11. The van der Waals surface area contributed by atoms with Gasteiger partial charge in [-0.25, -0.2) is 4.98 Å². The van der Waals surface area contributed by atoms with Crippen molar-refractivity contribution in [2.24, 2.45) is 18.9 Å². The van der Waals surface area contributed by atoms with Gasteiger partial charge in [-0.05, 0) is 73.9 Å². The average Bonchev–Trinajstić information content (AvgIpc) is 3.52. The van der Waals surface area contributed by atoms with E-state index in [9.17, 15) is 4.79 Å². The number of nitrogens with zero attached hydrogens (tertiary/aromatic N) is 7. The van der Waals surface area contributed by atoms with Gasteiger partial charge in [-0.2, -0.15) is 0 Å². The molecule has 3 aromatic heterocycles. The first kappa shape index (κ1) is 30.0. The first-order chi connectivity index (χ1) is 20.5. The third-order valence-electron chi connectivity index (χ3n) is 9.41. The van der Waals surface area contributed by atoms with Crippen LogP contribution in [0.5, 0.6) is 0 Å². The Kier molecular flexibility index (Phi) is 8.21. The minimum absolute atomic E-state index is 0.0658. The molecule has 4 aromatic rings. The van der Waals surface area contributed by atoms with Gasteiger partial charge >= 0.3 is 0 Å². The topological polar surface area (TPSA) is 83.0 Å². The normalized spacial score (nSPS) is 23.1. The highest BCUT2D eigenvalue weighted by atomic mass is 28.3. The minimum Gasteiger partial charge on any atom is -0.361 e. The molecule has 6 rings (SSSR count). The molecule has 0 spiro atoms. The van der Waals surface area contributed by atoms with Crippen LogP contribution >= 0.6 is 0 Å². The Hall–Kier alpha value is -3.08. The van der Waals surface area contributed by atoms with Crippen LogP contribution in [-0.2, 0) is 30.5 Å². The molecule has 1 aliphatic carbocycles. The fourth-order valence-corrected chi connectivity index (χ4v) is 7.92. The number of benzene rings is 1. The molecule has 1 saturated heterocycles. The minimum atomic E-state index is -1.23. The maximum Gasteiger partial charge on any atom is 0.281 e. The van der Waals surface area contributed by atoms with Gasteiger partial charge in [0.15, 0.2) is 0 Å². The molecule has 1 atom stereocenters. The van der Waals surface area contributed by atoms with Crippen molar-refractivity contribution >= 4 is 19.1 Å². The monoisotopic (exact) mass is 601 g/mol. The lowest BCUT2D eigenvalue weighted by atomic mass is 9.58. The Bertz CT molecular complexity index is 1640. The predicted molar refractivity (Wildman–Crippen MR) is 173 cm³/mol. The third-order valence-corrected chi connectivity index (χ3v) is 11.1. The SMILES string of the molecule is CC1CC(c2cccc(-n3ccc4nc(CN5CCC[C@H](C)C5)n(COCC[Si](C)(C)C)c4c3=O)c2)(c2nncn2C)C1. The summed E-state index contributed by atoms with van der Waals surface area (Å²) in [6.07, 6.45) is 8.14. The van der Waals surface area contributed by atoms with Crippen LogP contribution in [0.1, 0.15) is 56.7 Å². The summed E-state index contributed by atoms with van der Waals surface area (Å²) in [5, 5.41) is 8.70. The molecular weight excluding hydrogens is 554 g/mol. The molecule has 0 amide bonds. The average molecular weight is 602 g/mol. The molecule has 0 unspecified atom stereocenters. The molecule has 0 radical (unpaired) electrons. The summed E-state index contributed by atoms with van der Waals surface area (Å²) < 4.78 is 12.1. The van der Waals surface area contributed by atoms with E-state index in [0.717, 1.165) is 61.4 Å². The Morgan fingerprint density at radius 2 is 1.93 bits per heavy atom. The van der Waals surface area contributed by atoms with E-state index in [1.807, 2.05) is 34.5 Å². The second kappa shape index (κ2) is 11.8. The number of hydrogen-bond acceptors (Lipinski definition) is 6. The first-order valence-electron chi connectivity index (χ1n) is 15.9. The Morgan fingerprint density at radius 3 is 2.63 bits per heavy atom. The van der Waals surface area contributed by atoms with E-state index in [4.69, 9.17) is 9.72 Å². The molecule has 43 heavy (non-hydrogen) atoms. The van der Waals surface area contributed by atoms with E-state index in [1.165, 1.54) is 18.4 Å². The number of hydrogen-bond donors (Lipinski definition) is 0. The van der Waals surface area contributed by atoms with E-state index in [2.05, 4.69) is 66.8 Å². The van der Waals surface area contributed by atoms with Crippen molar-refractivity contribution in [1.29, 1.82) is 0 Å². The van der Waals surface area contributed by atoms with Crippen LogP contribution in [0.2, 0.25) is 25.7 Å². The van der Waals surface area contributed by atoms with E-state index in [0.29, 0.717) is 30.7 Å². The van der Waals surface area contributed by atoms with Crippen molar-refractivity contribution in [2.45, 2.75) is 83.9 Å². The summed E-state index contributed by atoms with van der Waals surface area (Å²) in [7, 11) is 0.777. The molecular formula is C33H47N7O2Si. The predicted octanol–water partition coefficient (Wildman–Crippen LogP) is 5.58. The molecule has 10 heteroatoms. The molecule has 230 valence electrons. The summed E-state index contributed by atoms with van der Waals surface area (Å²) in [5.74, 6) is 3.17. The number of piperidine rings is 1. The fourth-order valence-electron chi connectivity index (χ4n) is 7.16. The van der Waals surface area contributed by atoms with Crippen LogP contribution in [0.4, 0.5) is 0 Å². The zero-order valence-electron chi connectivity index (χ0n) is 26.7. The van der Waals surface area contributed by atoms with Crippen molar-refractivity contribution in [3.63, 3.8) is 0 Å². The highest BCUT2D eigenvalue weighted by Crippen LogP contribution is 2.51. The number of rotatable bonds is 10. The summed E-state index contributed by atoms with van der Waals surface area (Å²) in [4.78, 5) is 21.8. The number of likely N-dealkylation sites (tertiary alicyclic amines) is 1. The zero-order valence-corrected chi connectivity index (χ0v) is 27.7. The number of aromatic nitrogens is 6. The zero-order chi connectivity index (χ0) is 30.4. The molecule has 2 aliphatic rings. The number of ether oxygens (including phenoxy) is 1. The van der Waals surface area contributed by atoms with Crippen LogP contribution in [0.15, 0.2) is 47.7 Å². The van der Waals surface area contributed by atoms with Gasteiger partial charge in [-0.1, -0.05) is 45.6 Å². The summed E-state index contributed by atoms with van der Waals surface area (Å²) in [6, 6.07) is 11.5. The standard InChI is InChI=1S/C33H47N7O2Si/c1-24-9-8-13-38(20-24)21-29-35-28-12-14-39(31(41)30(28)40(29)23-42-15-16-43(4,5)6)27-11-7-10-26(17-27)33(18-25(2)19-33)32-36-34-22-37(32)3/h7,10-12,14,17,22,24-25H,8-9,13,15-16,18-21,23H2,1-6H3/t24-,25?,33?/m0/s1. The van der Waals surface area contributed by atoms with Gasteiger partial charge in [0.25, 0.3) is 5.56 Å². The highest BCUT2D eigenvalue weighted by molar-refractivity contribution is 6.76. The van der Waals surface area contributed by atoms with Gasteiger partial charge in [-0.3, -0.25) is 18.8 Å². The quantitative estimate of drug-likeness (QED) is 0.174. The molecule has 1 aromatic carbocycles. The number of aryl methyl sites for hydroxylation is 1. The molecule has 0 bridgehead atoms. The van der Waals surface area contributed by atoms with Gasteiger partial charge in [0, 0.05) is 40.2 Å². The van der Waals surface area contributed by atoms with Crippen LogP contribution in [-0.4, -0.2) is 61.6 Å². The van der Waals surface area contributed by atoms with Crippen molar-refractivity contribution in [2.75, 3.05) is 19.7 Å². The lowest BCUT2D eigenvalue weighted by Crippen LogP contribution is -2.43. The van der Waals surface area contributed by atoms with E-state index in [1.54, 1.807) is 10.9 Å². The lowest BCUT2D eigenvalue weighted by Gasteiger charge is -2.46. The number of fused-ring (bicyclic) bond motifs is 1. The highest BCUT2D eigenvalue weighted by Gasteiger charge is 2.48. The molecule has 1 aliphatic heterocycles. The lowest BCUT2D eigenvalue weighted by molar-refractivity contribution is 0.0839. The van der Waals surface area contributed by atoms with Crippen LogP contribution in [0.25, 0.3) is 16.7 Å². The van der Waals surface area contributed by atoms with Crippen LogP contribution in [0.3, 0.4) is 0 Å². The van der Waals surface area contributed by atoms with Crippen molar-refractivity contribution in [3.05, 3.63) is 70.4 Å². The number of imidazole rings is 1. The van der Waals surface area contributed by atoms with E-state index >= 15 is 0 Å². The molecule has 2 fully saturated rings. The van der Waals surface area contributed by atoms with Crippen molar-refractivity contribution in [1.82, 2.24) is 33.8 Å². The summed E-state index contributed by atoms with van der Waals surface area (Å²) in [6.45, 7) is 15.6. The Morgan fingerprint density at radius 1 is 1.12 bits per heavy atom. The fraction of sp³-hybridized carbons (Fsp3) is 0.576. The van der Waals surface area contributed by atoms with E-state index in [-0.39, 0.29) is 11.0 Å². The van der Waals surface area contributed by atoms with E-state index < -0.39 is 8.07 Å². The molecule has 0 N–H and O–H groups in total.